The van der Waals surface area contributed by atoms with E-state index in [1.807, 2.05) is 18.2 Å². The van der Waals surface area contributed by atoms with E-state index in [2.05, 4.69) is 22.9 Å². The van der Waals surface area contributed by atoms with E-state index in [4.69, 9.17) is 19.4 Å². The molecule has 32 heavy (non-hydrogen) atoms. The Hall–Kier alpha value is -2.52. The Morgan fingerprint density at radius 2 is 2.09 bits per heavy atom. The number of aromatic nitrogens is 3. The zero-order valence-corrected chi connectivity index (χ0v) is 19.5. The van der Waals surface area contributed by atoms with Crippen molar-refractivity contribution in [1.82, 2.24) is 15.0 Å². The molecule has 170 valence electrons. The van der Waals surface area contributed by atoms with Crippen LogP contribution in [0.5, 0.6) is 5.88 Å². The summed E-state index contributed by atoms with van der Waals surface area (Å²) in [6, 6.07) is 3.83. The summed E-state index contributed by atoms with van der Waals surface area (Å²) in [7, 11) is -1.72. The van der Waals surface area contributed by atoms with Crippen molar-refractivity contribution in [1.29, 1.82) is 0 Å². The molecule has 0 aromatic carbocycles. The third kappa shape index (κ3) is 3.38. The first-order valence-electron chi connectivity index (χ1n) is 11.0. The number of ether oxygens (including phenoxy) is 2. The average Bonchev–Trinajstić information content (AvgIpc) is 3.37. The molecule has 1 aliphatic carbocycles. The van der Waals surface area contributed by atoms with Crippen LogP contribution in [0.25, 0.3) is 17.5 Å². The topological polar surface area (TPSA) is 94.5 Å². The Kier molecular flexibility index (Phi) is 5.21. The fourth-order valence-corrected chi connectivity index (χ4v) is 6.66. The molecular formula is C23H28N4O4S. The molecule has 4 heterocycles. The molecule has 9 heteroatoms. The van der Waals surface area contributed by atoms with E-state index >= 15 is 0 Å². The minimum atomic E-state index is -3.31. The Bertz CT molecular complexity index is 1200. The lowest BCUT2D eigenvalue weighted by atomic mass is 10.00. The van der Waals surface area contributed by atoms with E-state index < -0.39 is 14.6 Å². The highest BCUT2D eigenvalue weighted by atomic mass is 32.2. The van der Waals surface area contributed by atoms with Gasteiger partial charge in [-0.3, -0.25) is 0 Å². The van der Waals surface area contributed by atoms with Crippen molar-refractivity contribution in [3.63, 3.8) is 0 Å². The highest BCUT2D eigenvalue weighted by molar-refractivity contribution is 7.92. The molecule has 2 fully saturated rings. The van der Waals surface area contributed by atoms with Gasteiger partial charge in [0.25, 0.3) is 0 Å². The van der Waals surface area contributed by atoms with Gasteiger partial charge >= 0.3 is 0 Å². The van der Waals surface area contributed by atoms with Gasteiger partial charge in [-0.2, -0.15) is 0 Å². The van der Waals surface area contributed by atoms with Gasteiger partial charge in [-0.05, 0) is 26.7 Å². The van der Waals surface area contributed by atoms with Crippen molar-refractivity contribution in [2.75, 3.05) is 37.5 Å². The highest BCUT2D eigenvalue weighted by Gasteiger charge is 2.47. The summed E-state index contributed by atoms with van der Waals surface area (Å²) in [5.41, 5.74) is 3.24. The van der Waals surface area contributed by atoms with Gasteiger partial charge in [-0.25, -0.2) is 23.4 Å². The zero-order chi connectivity index (χ0) is 22.5. The Balaban J connectivity index is 1.73. The molecule has 2 saturated heterocycles. The Morgan fingerprint density at radius 3 is 2.81 bits per heavy atom. The predicted octanol–water partition coefficient (Wildman–Crippen LogP) is 2.77. The monoisotopic (exact) mass is 456 g/mol. The first-order chi connectivity index (χ1) is 15.3. The fraction of sp³-hybridized carbons (Fsp3) is 0.522. The zero-order valence-electron chi connectivity index (χ0n) is 18.7. The van der Waals surface area contributed by atoms with Crippen LogP contribution >= 0.6 is 0 Å². The van der Waals surface area contributed by atoms with Crippen LogP contribution in [-0.2, 0) is 25.7 Å². The molecule has 5 rings (SSSR count). The van der Waals surface area contributed by atoms with Crippen molar-refractivity contribution in [3.8, 4) is 17.3 Å². The van der Waals surface area contributed by atoms with E-state index in [-0.39, 0.29) is 11.8 Å². The molecule has 0 bridgehead atoms. The maximum absolute atomic E-state index is 13.0. The van der Waals surface area contributed by atoms with Gasteiger partial charge in [-0.15, -0.1) is 0 Å². The van der Waals surface area contributed by atoms with Gasteiger partial charge in [0.05, 0.1) is 43.5 Å². The number of hydrogen-bond acceptors (Lipinski definition) is 8. The molecule has 3 aliphatic rings. The predicted molar refractivity (Wildman–Crippen MR) is 123 cm³/mol. The molecule has 0 unspecified atom stereocenters. The van der Waals surface area contributed by atoms with Crippen molar-refractivity contribution in [3.05, 3.63) is 35.2 Å². The SMILES string of the molecule is COc1cc(-c2nc(N3CCOC[C@H]3C)cc([C@@]3(C)CCCS3(=O)=O)n2)c2c(n1)CC=C2. The third-order valence-electron chi connectivity index (χ3n) is 6.83. The smallest absolute Gasteiger partial charge is 0.213 e. The van der Waals surface area contributed by atoms with E-state index in [9.17, 15) is 8.42 Å². The lowest BCUT2D eigenvalue weighted by molar-refractivity contribution is 0.0985. The van der Waals surface area contributed by atoms with Crippen LogP contribution in [0.2, 0.25) is 0 Å². The Labute approximate surface area is 188 Å². The van der Waals surface area contributed by atoms with Crippen LogP contribution < -0.4 is 9.64 Å². The lowest BCUT2D eigenvalue weighted by Gasteiger charge is -2.35. The number of fused-ring (bicyclic) bond motifs is 1. The second-order valence-corrected chi connectivity index (χ2v) is 11.4. The number of sulfone groups is 1. The van der Waals surface area contributed by atoms with Gasteiger partial charge in [0.2, 0.25) is 5.88 Å². The van der Waals surface area contributed by atoms with Crippen LogP contribution in [-0.4, -0.2) is 62.0 Å². The van der Waals surface area contributed by atoms with E-state index in [0.717, 1.165) is 29.1 Å². The first kappa shape index (κ1) is 21.3. The van der Waals surface area contributed by atoms with Gasteiger partial charge in [0.15, 0.2) is 15.7 Å². The number of rotatable bonds is 4. The number of morpholine rings is 1. The fourth-order valence-electron chi connectivity index (χ4n) is 4.81. The quantitative estimate of drug-likeness (QED) is 0.693. The molecule has 2 aliphatic heterocycles. The van der Waals surface area contributed by atoms with Crippen LogP contribution in [0.15, 0.2) is 18.2 Å². The summed E-state index contributed by atoms with van der Waals surface area (Å²) in [5, 5.41) is 0. The number of allylic oxidation sites excluding steroid dienone is 1. The molecule has 0 spiro atoms. The second-order valence-electron chi connectivity index (χ2n) is 8.88. The van der Waals surface area contributed by atoms with Gasteiger partial charge in [0, 0.05) is 36.2 Å². The maximum Gasteiger partial charge on any atom is 0.213 e. The minimum absolute atomic E-state index is 0.130. The van der Waals surface area contributed by atoms with Crippen LogP contribution in [0, 0.1) is 0 Å². The van der Waals surface area contributed by atoms with Gasteiger partial charge in [-0.1, -0.05) is 12.2 Å². The second kappa shape index (κ2) is 7.81. The molecule has 2 atom stereocenters. The van der Waals surface area contributed by atoms with Crippen molar-refractivity contribution < 1.29 is 17.9 Å². The van der Waals surface area contributed by atoms with Crippen molar-refractivity contribution >= 4 is 21.7 Å². The minimum Gasteiger partial charge on any atom is -0.481 e. The number of pyridine rings is 1. The summed E-state index contributed by atoms with van der Waals surface area (Å²) in [4.78, 5) is 16.5. The number of nitrogens with zero attached hydrogens (tertiary/aromatic N) is 4. The molecule has 8 nitrogen and oxygen atoms in total. The van der Waals surface area contributed by atoms with Gasteiger partial charge < -0.3 is 14.4 Å². The molecule has 0 saturated carbocycles. The maximum atomic E-state index is 13.0. The van der Waals surface area contributed by atoms with Crippen LogP contribution in [0.4, 0.5) is 5.82 Å². The summed E-state index contributed by atoms with van der Waals surface area (Å²) >= 11 is 0. The molecule has 0 amide bonds. The van der Waals surface area contributed by atoms with Gasteiger partial charge in [0.1, 0.15) is 10.6 Å². The number of methoxy groups -OCH3 is 1. The van der Waals surface area contributed by atoms with Crippen molar-refractivity contribution in [2.24, 2.45) is 0 Å². The largest absolute Gasteiger partial charge is 0.481 e. The summed E-state index contributed by atoms with van der Waals surface area (Å²) in [6.07, 6.45) is 6.00. The number of anilines is 1. The summed E-state index contributed by atoms with van der Waals surface area (Å²) in [6.45, 7) is 5.79. The Morgan fingerprint density at radius 1 is 1.25 bits per heavy atom. The molecular weight excluding hydrogens is 428 g/mol. The standard InChI is InChI=1S/C23H28N4O4S/c1-15-14-31-10-9-27(15)20-13-19(23(2)8-5-11-32(23,28)29)25-22(26-20)17-12-21(30-3)24-18-7-4-6-16(17)18/h4,6,12-13,15H,5,7-11,14H2,1-3H3/t15-,23-/m1/s1. The van der Waals surface area contributed by atoms with Crippen LogP contribution in [0.3, 0.4) is 0 Å². The highest BCUT2D eigenvalue weighted by Crippen LogP contribution is 2.42. The summed E-state index contributed by atoms with van der Waals surface area (Å²) in [5.74, 6) is 1.92. The number of hydrogen-bond donors (Lipinski definition) is 0. The van der Waals surface area contributed by atoms with E-state index in [1.165, 1.54) is 0 Å². The van der Waals surface area contributed by atoms with E-state index in [0.29, 0.717) is 50.0 Å². The average molecular weight is 457 g/mol. The molecule has 2 aromatic heterocycles. The first-order valence-corrected chi connectivity index (χ1v) is 12.7. The molecule has 0 radical (unpaired) electrons. The molecule has 2 aromatic rings. The third-order valence-corrected chi connectivity index (χ3v) is 9.44. The lowest BCUT2D eigenvalue weighted by Crippen LogP contribution is -2.44. The normalized spacial score (nSPS) is 26.3. The molecule has 0 N–H and O–H groups in total. The summed E-state index contributed by atoms with van der Waals surface area (Å²) < 4.78 is 36.1. The van der Waals surface area contributed by atoms with Crippen LogP contribution in [0.1, 0.15) is 43.6 Å². The van der Waals surface area contributed by atoms with Crippen molar-refractivity contribution in [2.45, 2.75) is 43.9 Å². The van der Waals surface area contributed by atoms with E-state index in [1.54, 1.807) is 14.0 Å².